The van der Waals surface area contributed by atoms with Crippen LogP contribution in [0.3, 0.4) is 0 Å². The second-order valence-electron chi connectivity index (χ2n) is 6.17. The summed E-state index contributed by atoms with van der Waals surface area (Å²) in [5, 5.41) is 0. The molecule has 0 radical (unpaired) electrons. The van der Waals surface area contributed by atoms with Crippen molar-refractivity contribution in [2.24, 2.45) is 5.73 Å². The first-order valence-electron chi connectivity index (χ1n) is 6.89. The Hall–Kier alpha value is -0.570. The second-order valence-corrected chi connectivity index (χ2v) is 6.17. The minimum absolute atomic E-state index is 0. The fourth-order valence-electron chi connectivity index (χ4n) is 3.50. The van der Waals surface area contributed by atoms with E-state index < -0.39 is 0 Å². The maximum absolute atomic E-state index is 5.89. The van der Waals surface area contributed by atoms with E-state index in [1.165, 1.54) is 11.1 Å². The highest BCUT2D eigenvalue weighted by Gasteiger charge is 2.41. The van der Waals surface area contributed by atoms with Gasteiger partial charge in [-0.15, -0.1) is 12.4 Å². The highest BCUT2D eigenvalue weighted by Crippen LogP contribution is 2.44. The first-order valence-corrected chi connectivity index (χ1v) is 6.89. The van der Waals surface area contributed by atoms with Gasteiger partial charge in [-0.3, -0.25) is 0 Å². The molecule has 0 aromatic heterocycles. The van der Waals surface area contributed by atoms with Crippen LogP contribution >= 0.6 is 12.4 Å². The lowest BCUT2D eigenvalue weighted by atomic mass is 9.66. The molecule has 0 spiro atoms. The van der Waals surface area contributed by atoms with E-state index in [1.54, 1.807) is 0 Å². The Morgan fingerprint density at radius 3 is 2.53 bits per heavy atom. The molecule has 0 aliphatic carbocycles. The van der Waals surface area contributed by atoms with Gasteiger partial charge in [0.15, 0.2) is 0 Å². The molecule has 2 nitrogen and oxygen atoms in total. The number of halogens is 1. The Bertz CT molecular complexity index is 415. The molecule has 2 rings (SSSR count). The molecule has 0 bridgehead atoms. The van der Waals surface area contributed by atoms with E-state index in [0.717, 1.165) is 32.4 Å². The van der Waals surface area contributed by atoms with Crippen molar-refractivity contribution < 1.29 is 4.74 Å². The molecule has 108 valence electrons. The standard InChI is InChI=1S/C16H25NO.ClH/c1-13-6-4-5-7-14(13)16(8-10-17)9-11-18-15(2,3)12-16;/h4-7H,8-12,17H2,1-3H3;1H. The minimum atomic E-state index is -0.0459. The maximum Gasteiger partial charge on any atom is 0.0635 e. The normalized spacial score (nSPS) is 25.7. The van der Waals surface area contributed by atoms with Crippen LogP contribution in [0.25, 0.3) is 0 Å². The van der Waals surface area contributed by atoms with Crippen LogP contribution in [0.4, 0.5) is 0 Å². The summed E-state index contributed by atoms with van der Waals surface area (Å²) in [5.74, 6) is 0. The van der Waals surface area contributed by atoms with Gasteiger partial charge in [0.05, 0.1) is 5.60 Å². The Kier molecular flexibility index (Phi) is 5.43. The van der Waals surface area contributed by atoms with E-state index in [1.807, 2.05) is 0 Å². The van der Waals surface area contributed by atoms with Crippen LogP contribution in [0.15, 0.2) is 24.3 Å². The SMILES string of the molecule is Cc1ccccc1C1(CCN)CCOC(C)(C)C1.Cl. The summed E-state index contributed by atoms with van der Waals surface area (Å²) >= 11 is 0. The van der Waals surface area contributed by atoms with Crippen LogP contribution in [-0.2, 0) is 10.2 Å². The third kappa shape index (κ3) is 3.50. The number of benzene rings is 1. The summed E-state index contributed by atoms with van der Waals surface area (Å²) in [7, 11) is 0. The Morgan fingerprint density at radius 1 is 1.26 bits per heavy atom. The molecule has 0 amide bonds. The Morgan fingerprint density at radius 2 is 1.95 bits per heavy atom. The molecular formula is C16H26ClNO. The third-order valence-corrected chi connectivity index (χ3v) is 4.18. The molecule has 0 saturated carbocycles. The van der Waals surface area contributed by atoms with E-state index in [9.17, 15) is 0 Å². The average Bonchev–Trinajstić information content (AvgIpc) is 2.28. The monoisotopic (exact) mass is 283 g/mol. The fraction of sp³-hybridized carbons (Fsp3) is 0.625. The van der Waals surface area contributed by atoms with E-state index in [2.05, 4.69) is 45.0 Å². The first-order chi connectivity index (χ1) is 8.49. The minimum Gasteiger partial charge on any atom is -0.376 e. The van der Waals surface area contributed by atoms with Crippen LogP contribution < -0.4 is 5.73 Å². The van der Waals surface area contributed by atoms with Gasteiger partial charge < -0.3 is 10.5 Å². The molecule has 3 heteroatoms. The molecular weight excluding hydrogens is 258 g/mol. The lowest BCUT2D eigenvalue weighted by Crippen LogP contribution is -2.45. The summed E-state index contributed by atoms with van der Waals surface area (Å²) in [6.45, 7) is 8.16. The fourth-order valence-corrected chi connectivity index (χ4v) is 3.50. The van der Waals surface area contributed by atoms with Gasteiger partial charge in [-0.25, -0.2) is 0 Å². The van der Waals surface area contributed by atoms with Crippen molar-refractivity contribution in [3.05, 3.63) is 35.4 Å². The molecule has 1 atom stereocenters. The van der Waals surface area contributed by atoms with Gasteiger partial charge in [0, 0.05) is 12.0 Å². The highest BCUT2D eigenvalue weighted by atomic mass is 35.5. The molecule has 1 fully saturated rings. The van der Waals surface area contributed by atoms with Gasteiger partial charge in [-0.1, -0.05) is 24.3 Å². The predicted octanol–water partition coefficient (Wildman–Crippen LogP) is 3.59. The predicted molar refractivity (Wildman–Crippen MR) is 83.0 cm³/mol. The molecule has 1 unspecified atom stereocenters. The zero-order valence-electron chi connectivity index (χ0n) is 12.2. The van der Waals surface area contributed by atoms with Crippen molar-refractivity contribution in [1.29, 1.82) is 0 Å². The zero-order chi connectivity index (χ0) is 13.2. The van der Waals surface area contributed by atoms with Gasteiger partial charge in [0.2, 0.25) is 0 Å². The van der Waals surface area contributed by atoms with E-state index in [-0.39, 0.29) is 23.4 Å². The number of hydrogen-bond acceptors (Lipinski definition) is 2. The Balaban J connectivity index is 0.00000180. The van der Waals surface area contributed by atoms with Crippen LogP contribution in [0.5, 0.6) is 0 Å². The quantitative estimate of drug-likeness (QED) is 0.920. The van der Waals surface area contributed by atoms with Crippen LogP contribution in [0, 0.1) is 6.92 Å². The van der Waals surface area contributed by atoms with Crippen molar-refractivity contribution >= 4 is 12.4 Å². The topological polar surface area (TPSA) is 35.2 Å². The number of nitrogens with two attached hydrogens (primary N) is 1. The van der Waals surface area contributed by atoms with Crippen molar-refractivity contribution in [1.82, 2.24) is 0 Å². The molecule has 2 N–H and O–H groups in total. The summed E-state index contributed by atoms with van der Waals surface area (Å²) in [4.78, 5) is 0. The highest BCUT2D eigenvalue weighted by molar-refractivity contribution is 5.85. The maximum atomic E-state index is 5.89. The van der Waals surface area contributed by atoms with E-state index in [4.69, 9.17) is 10.5 Å². The van der Waals surface area contributed by atoms with Crippen molar-refractivity contribution in [2.75, 3.05) is 13.2 Å². The first kappa shape index (κ1) is 16.5. The Labute approximate surface area is 123 Å². The molecule has 1 aliphatic heterocycles. The number of hydrogen-bond donors (Lipinski definition) is 1. The lowest BCUT2D eigenvalue weighted by molar-refractivity contribution is -0.0837. The van der Waals surface area contributed by atoms with E-state index in [0.29, 0.717) is 0 Å². The number of aryl methyl sites for hydroxylation is 1. The van der Waals surface area contributed by atoms with Gasteiger partial charge in [0.1, 0.15) is 0 Å². The molecule has 1 aromatic carbocycles. The van der Waals surface area contributed by atoms with Crippen molar-refractivity contribution in [3.8, 4) is 0 Å². The summed E-state index contributed by atoms with van der Waals surface area (Å²) in [5.41, 5.74) is 8.87. The second kappa shape index (κ2) is 6.25. The average molecular weight is 284 g/mol. The summed E-state index contributed by atoms with van der Waals surface area (Å²) in [6, 6.07) is 8.73. The van der Waals surface area contributed by atoms with Crippen molar-refractivity contribution in [3.63, 3.8) is 0 Å². The lowest BCUT2D eigenvalue weighted by Gasteiger charge is -2.46. The number of ether oxygens (including phenoxy) is 1. The molecule has 1 aromatic rings. The molecule has 1 aliphatic rings. The van der Waals surface area contributed by atoms with Gasteiger partial charge in [-0.2, -0.15) is 0 Å². The van der Waals surface area contributed by atoms with Crippen LogP contribution in [0.1, 0.15) is 44.2 Å². The molecule has 1 heterocycles. The van der Waals surface area contributed by atoms with Crippen molar-refractivity contribution in [2.45, 2.75) is 51.0 Å². The van der Waals surface area contributed by atoms with E-state index >= 15 is 0 Å². The van der Waals surface area contributed by atoms with Gasteiger partial charge in [0.25, 0.3) is 0 Å². The van der Waals surface area contributed by atoms with Crippen LogP contribution in [-0.4, -0.2) is 18.8 Å². The zero-order valence-corrected chi connectivity index (χ0v) is 13.1. The summed E-state index contributed by atoms with van der Waals surface area (Å²) in [6.07, 6.45) is 3.19. The smallest absolute Gasteiger partial charge is 0.0635 e. The molecule has 1 saturated heterocycles. The third-order valence-electron chi connectivity index (χ3n) is 4.18. The summed E-state index contributed by atoms with van der Waals surface area (Å²) < 4.78 is 5.89. The van der Waals surface area contributed by atoms with Gasteiger partial charge in [-0.05, 0) is 57.7 Å². The number of rotatable bonds is 3. The van der Waals surface area contributed by atoms with Gasteiger partial charge >= 0.3 is 0 Å². The largest absolute Gasteiger partial charge is 0.376 e. The van der Waals surface area contributed by atoms with Crippen LogP contribution in [0.2, 0.25) is 0 Å². The molecule has 19 heavy (non-hydrogen) atoms.